The summed E-state index contributed by atoms with van der Waals surface area (Å²) in [4.78, 5) is 29.4. The van der Waals surface area contributed by atoms with Crippen LogP contribution in [0.5, 0.6) is 0 Å². The fourth-order valence-electron chi connectivity index (χ4n) is 3.13. The first kappa shape index (κ1) is 22.3. The maximum atomic E-state index is 12.8. The van der Waals surface area contributed by atoms with Gasteiger partial charge in [-0.2, -0.15) is 13.2 Å². The van der Waals surface area contributed by atoms with Crippen molar-refractivity contribution in [1.29, 1.82) is 0 Å². The number of urea groups is 1. The highest BCUT2D eigenvalue weighted by atomic mass is 35.5. The number of piperidine rings is 1. The Bertz CT molecular complexity index is 719. The van der Waals surface area contributed by atoms with Crippen LogP contribution in [-0.2, 0) is 11.0 Å². The lowest BCUT2D eigenvalue weighted by Crippen LogP contribution is -2.49. The molecule has 1 aliphatic heterocycles. The summed E-state index contributed by atoms with van der Waals surface area (Å²) < 4.78 is 38.5. The van der Waals surface area contributed by atoms with Crippen molar-refractivity contribution in [3.63, 3.8) is 0 Å². The van der Waals surface area contributed by atoms with E-state index in [4.69, 9.17) is 11.6 Å². The van der Waals surface area contributed by atoms with E-state index in [0.29, 0.717) is 25.9 Å². The van der Waals surface area contributed by atoms with Crippen LogP contribution in [0.15, 0.2) is 18.2 Å². The van der Waals surface area contributed by atoms with Crippen molar-refractivity contribution in [2.45, 2.75) is 25.1 Å². The summed E-state index contributed by atoms with van der Waals surface area (Å²) in [5.41, 5.74) is -0.936. The lowest BCUT2D eigenvalue weighted by Gasteiger charge is -2.37. The van der Waals surface area contributed by atoms with Gasteiger partial charge in [0.25, 0.3) is 0 Å². The summed E-state index contributed by atoms with van der Waals surface area (Å²) in [6.07, 6.45) is -3.08. The highest BCUT2D eigenvalue weighted by Gasteiger charge is 2.31. The molecule has 0 radical (unpaired) electrons. The second kappa shape index (κ2) is 9.00. The predicted molar refractivity (Wildman–Crippen MR) is 101 cm³/mol. The summed E-state index contributed by atoms with van der Waals surface area (Å²) in [6, 6.07) is 2.83. The minimum atomic E-state index is -4.51. The van der Waals surface area contributed by atoms with Crippen LogP contribution in [0.3, 0.4) is 0 Å². The Balaban J connectivity index is 1.89. The Morgan fingerprint density at radius 3 is 2.36 bits per heavy atom. The van der Waals surface area contributed by atoms with E-state index in [-0.39, 0.29) is 29.3 Å². The van der Waals surface area contributed by atoms with Gasteiger partial charge in [-0.15, -0.1) is 0 Å². The van der Waals surface area contributed by atoms with Crippen LogP contribution in [0.25, 0.3) is 0 Å². The van der Waals surface area contributed by atoms with E-state index in [2.05, 4.69) is 5.32 Å². The molecule has 28 heavy (non-hydrogen) atoms. The molecule has 6 nitrogen and oxygen atoms in total. The maximum absolute atomic E-state index is 12.8. The van der Waals surface area contributed by atoms with Gasteiger partial charge >= 0.3 is 12.2 Å². The largest absolute Gasteiger partial charge is 0.416 e. The van der Waals surface area contributed by atoms with E-state index in [1.165, 1.54) is 4.90 Å². The van der Waals surface area contributed by atoms with E-state index >= 15 is 0 Å². The number of nitrogens with zero attached hydrogens (tertiary/aromatic N) is 3. The molecule has 1 aromatic carbocycles. The van der Waals surface area contributed by atoms with Gasteiger partial charge in [0.1, 0.15) is 0 Å². The van der Waals surface area contributed by atoms with Crippen molar-refractivity contribution in [3.8, 4) is 0 Å². The highest BCUT2D eigenvalue weighted by molar-refractivity contribution is 6.33. The number of anilines is 1. The van der Waals surface area contributed by atoms with Gasteiger partial charge < -0.3 is 15.1 Å². The first-order valence-corrected chi connectivity index (χ1v) is 9.20. The summed E-state index contributed by atoms with van der Waals surface area (Å²) in [5.74, 6) is -0.433. The summed E-state index contributed by atoms with van der Waals surface area (Å²) >= 11 is 5.91. The molecule has 1 aromatic rings. The molecular weight excluding hydrogens is 397 g/mol. The molecule has 0 unspecified atom stereocenters. The first-order valence-electron chi connectivity index (χ1n) is 8.82. The summed E-state index contributed by atoms with van der Waals surface area (Å²) in [7, 11) is 5.14. The van der Waals surface area contributed by atoms with Crippen molar-refractivity contribution in [2.75, 3.05) is 46.1 Å². The molecule has 2 rings (SSSR count). The number of hydrogen-bond donors (Lipinski definition) is 1. The standard InChI is InChI=1S/C18H24ClF3N4O2/c1-24(2)17(28)25(3)13-6-8-26(9-7-13)11-16(27)23-15-10-12(18(20,21)22)4-5-14(15)19/h4-5,10,13H,6-9,11H2,1-3H3,(H,23,27). The van der Waals surface area contributed by atoms with Crippen molar-refractivity contribution < 1.29 is 22.8 Å². The van der Waals surface area contributed by atoms with Gasteiger partial charge in [-0.05, 0) is 31.0 Å². The third kappa shape index (κ3) is 5.75. The van der Waals surface area contributed by atoms with Crippen LogP contribution in [0, 0.1) is 0 Å². The van der Waals surface area contributed by atoms with Gasteiger partial charge in [-0.3, -0.25) is 9.69 Å². The van der Waals surface area contributed by atoms with E-state index in [1.54, 1.807) is 26.0 Å². The topological polar surface area (TPSA) is 55.9 Å². The molecule has 1 heterocycles. The van der Waals surface area contributed by atoms with E-state index < -0.39 is 17.6 Å². The minimum absolute atomic E-state index is 0.0453. The molecule has 0 aliphatic carbocycles. The van der Waals surface area contributed by atoms with E-state index in [9.17, 15) is 22.8 Å². The lowest BCUT2D eigenvalue weighted by atomic mass is 10.0. The van der Waals surface area contributed by atoms with Crippen LogP contribution < -0.4 is 5.32 Å². The molecule has 0 atom stereocenters. The van der Waals surface area contributed by atoms with Gasteiger partial charge in [0, 0.05) is 40.3 Å². The van der Waals surface area contributed by atoms with E-state index in [0.717, 1.165) is 18.2 Å². The Morgan fingerprint density at radius 1 is 1.21 bits per heavy atom. The molecular formula is C18H24ClF3N4O2. The van der Waals surface area contributed by atoms with Crippen molar-refractivity contribution in [1.82, 2.24) is 14.7 Å². The highest BCUT2D eigenvalue weighted by Crippen LogP contribution is 2.33. The molecule has 0 spiro atoms. The summed E-state index contributed by atoms with van der Waals surface area (Å²) in [6.45, 7) is 1.27. The third-order valence-corrected chi connectivity index (χ3v) is 5.05. The zero-order chi connectivity index (χ0) is 21.1. The van der Waals surface area contributed by atoms with Gasteiger partial charge in [0.05, 0.1) is 22.8 Å². The van der Waals surface area contributed by atoms with Gasteiger partial charge in [-0.25, -0.2) is 4.79 Å². The van der Waals surface area contributed by atoms with E-state index in [1.807, 2.05) is 4.90 Å². The minimum Gasteiger partial charge on any atom is -0.331 e. The van der Waals surface area contributed by atoms with Crippen LogP contribution in [0.4, 0.5) is 23.7 Å². The summed E-state index contributed by atoms with van der Waals surface area (Å²) in [5, 5.41) is 2.50. The fraction of sp³-hybridized carbons (Fsp3) is 0.556. The zero-order valence-electron chi connectivity index (χ0n) is 16.0. The molecule has 10 heteroatoms. The second-order valence-corrected chi connectivity index (χ2v) is 7.44. The van der Waals surface area contributed by atoms with Crippen molar-refractivity contribution in [3.05, 3.63) is 28.8 Å². The number of rotatable bonds is 4. The molecule has 0 bridgehead atoms. The number of carbonyl (C=O) groups excluding carboxylic acids is 2. The van der Waals surface area contributed by atoms with Crippen LogP contribution >= 0.6 is 11.6 Å². The predicted octanol–water partition coefficient (Wildman–Crippen LogP) is 3.38. The molecule has 0 saturated carbocycles. The average molecular weight is 421 g/mol. The Morgan fingerprint density at radius 2 is 1.82 bits per heavy atom. The zero-order valence-corrected chi connectivity index (χ0v) is 16.8. The van der Waals surface area contributed by atoms with Crippen molar-refractivity contribution >= 4 is 29.2 Å². The van der Waals surface area contributed by atoms with Crippen LogP contribution in [0.1, 0.15) is 18.4 Å². The van der Waals surface area contributed by atoms with Crippen LogP contribution in [0.2, 0.25) is 5.02 Å². The Labute approximate surface area is 167 Å². The Kier molecular flexibility index (Phi) is 7.16. The maximum Gasteiger partial charge on any atom is 0.416 e. The molecule has 156 valence electrons. The number of benzene rings is 1. The quantitative estimate of drug-likeness (QED) is 0.812. The molecule has 0 aromatic heterocycles. The normalized spacial score (nSPS) is 16.0. The molecule has 1 aliphatic rings. The Hall–Kier alpha value is -2.00. The van der Waals surface area contributed by atoms with Gasteiger partial charge in [-0.1, -0.05) is 11.6 Å². The number of carbonyl (C=O) groups is 2. The number of hydrogen-bond acceptors (Lipinski definition) is 3. The van der Waals surface area contributed by atoms with Crippen LogP contribution in [-0.4, -0.2) is 73.5 Å². The first-order chi connectivity index (χ1) is 13.0. The second-order valence-electron chi connectivity index (χ2n) is 7.04. The number of likely N-dealkylation sites (tertiary alicyclic amines) is 1. The smallest absolute Gasteiger partial charge is 0.331 e. The van der Waals surface area contributed by atoms with Crippen molar-refractivity contribution in [2.24, 2.45) is 0 Å². The van der Waals surface area contributed by atoms with Gasteiger partial charge in [0.2, 0.25) is 5.91 Å². The number of amides is 3. The number of nitrogens with one attached hydrogen (secondary N) is 1. The monoisotopic (exact) mass is 420 g/mol. The molecule has 1 N–H and O–H groups in total. The lowest BCUT2D eigenvalue weighted by molar-refractivity contribution is -0.137. The fourth-order valence-corrected chi connectivity index (χ4v) is 3.29. The average Bonchev–Trinajstić information content (AvgIpc) is 2.61. The molecule has 3 amide bonds. The number of halogens is 4. The number of alkyl halides is 3. The molecule has 1 fully saturated rings. The SMILES string of the molecule is CN(C)C(=O)N(C)C1CCN(CC(=O)Nc2cc(C(F)(F)F)ccc2Cl)CC1. The van der Waals surface area contributed by atoms with Gasteiger partial charge in [0.15, 0.2) is 0 Å². The third-order valence-electron chi connectivity index (χ3n) is 4.72. The molecule has 1 saturated heterocycles.